The summed E-state index contributed by atoms with van der Waals surface area (Å²) in [6.45, 7) is 0. The molecule has 10 N–H and O–H groups in total. The summed E-state index contributed by atoms with van der Waals surface area (Å²) in [5, 5.41) is 35.3. The first kappa shape index (κ1) is 29.1. The van der Waals surface area contributed by atoms with Crippen molar-refractivity contribution in [1.82, 2.24) is 9.97 Å². The average molecular weight is 528 g/mol. The molecule has 0 atom stereocenters. The average Bonchev–Trinajstić information content (AvgIpc) is 3.39. The van der Waals surface area contributed by atoms with Crippen molar-refractivity contribution in [3.05, 3.63) is 59.2 Å². The van der Waals surface area contributed by atoms with Gasteiger partial charge in [-0.2, -0.15) is 0 Å². The number of aromatic nitrogens is 4. The van der Waals surface area contributed by atoms with E-state index in [1.165, 1.54) is 36.9 Å². The smallest absolute Gasteiger partial charge is 0.336 e. The molecule has 2 aromatic heterocycles. The fraction of sp³-hybridized carbons (Fsp3) is 0. The largest absolute Gasteiger partial charge is 0.759 e. The summed E-state index contributed by atoms with van der Waals surface area (Å²) in [7, 11) is -5.17. The Morgan fingerprint density at radius 1 is 0.639 bits per heavy atom. The number of H-pyrrole nitrogens is 4. The molecule has 4 aromatic rings. The number of carbonyl (C=O) groups is 4. The first-order valence-electron chi connectivity index (χ1n) is 8.84. The third-order valence-corrected chi connectivity index (χ3v) is 4.15. The Labute approximate surface area is 198 Å². The Morgan fingerprint density at radius 3 is 1.14 bits per heavy atom. The Kier molecular flexibility index (Phi) is 9.29. The molecular formula is C18H16N4O13S. The summed E-state index contributed by atoms with van der Waals surface area (Å²) in [4.78, 5) is 54.3. The van der Waals surface area contributed by atoms with Gasteiger partial charge in [0.15, 0.2) is 22.1 Å². The molecule has 0 saturated carbocycles. The maximum absolute atomic E-state index is 10.8. The Bertz CT molecular complexity index is 1350. The van der Waals surface area contributed by atoms with Crippen LogP contribution in [0, 0.1) is 0 Å². The maximum atomic E-state index is 10.8. The van der Waals surface area contributed by atoms with Crippen molar-refractivity contribution >= 4 is 56.3 Å². The van der Waals surface area contributed by atoms with Crippen molar-refractivity contribution in [3.63, 3.8) is 0 Å². The number of hydrogen-bond acceptors (Lipinski definition) is 8. The van der Waals surface area contributed by atoms with Gasteiger partial charge in [-0.3, -0.25) is 8.42 Å². The summed E-state index contributed by atoms with van der Waals surface area (Å²) >= 11 is 0. The zero-order valence-corrected chi connectivity index (χ0v) is 18.2. The highest BCUT2D eigenvalue weighted by molar-refractivity contribution is 7.79. The maximum Gasteiger partial charge on any atom is 0.336 e. The van der Waals surface area contributed by atoms with Crippen LogP contribution in [0.15, 0.2) is 36.9 Å². The van der Waals surface area contributed by atoms with E-state index in [1.54, 1.807) is 0 Å². The molecule has 2 heterocycles. The second-order valence-corrected chi connectivity index (χ2v) is 7.20. The van der Waals surface area contributed by atoms with Crippen LogP contribution in [0.5, 0.6) is 0 Å². The fourth-order valence-corrected chi connectivity index (χ4v) is 2.77. The number of aromatic carboxylic acids is 4. The number of benzene rings is 2. The number of imidazole rings is 2. The molecule has 36 heavy (non-hydrogen) atoms. The number of nitrogens with one attached hydrogen (secondary N) is 4. The first-order valence-corrected chi connectivity index (χ1v) is 10.2. The number of aromatic amines is 4. The SMILES string of the molecule is O.O=C(O)c1cc2[nH]c[nH+]c2cc1C(=O)O.O=C(O)c1cc2[nH]c[nH+]c2cc1C(=O)O.O=S(=O)([O-])[O-]. The minimum atomic E-state index is -5.17. The summed E-state index contributed by atoms with van der Waals surface area (Å²) in [6.07, 6.45) is 3.00. The van der Waals surface area contributed by atoms with Crippen LogP contribution in [0.1, 0.15) is 41.4 Å². The van der Waals surface area contributed by atoms with Gasteiger partial charge in [-0.05, 0) is 0 Å². The lowest BCUT2D eigenvalue weighted by Gasteiger charge is -2.06. The number of carboxylic acid groups (broad SMARTS) is 4. The third kappa shape index (κ3) is 7.56. The van der Waals surface area contributed by atoms with E-state index in [-0.39, 0.29) is 27.7 Å². The molecule has 192 valence electrons. The molecule has 0 aliphatic rings. The number of rotatable bonds is 4. The van der Waals surface area contributed by atoms with Crippen LogP contribution in [0.25, 0.3) is 22.1 Å². The molecule has 4 rings (SSSR count). The van der Waals surface area contributed by atoms with Gasteiger partial charge in [-0.15, -0.1) is 0 Å². The second-order valence-electron chi connectivity index (χ2n) is 6.38. The van der Waals surface area contributed by atoms with Gasteiger partial charge < -0.3 is 35.0 Å². The normalized spacial score (nSPS) is 10.3. The summed E-state index contributed by atoms with van der Waals surface area (Å²) in [6, 6.07) is 5.16. The highest BCUT2D eigenvalue weighted by Crippen LogP contribution is 2.17. The molecule has 2 aromatic carbocycles. The molecule has 0 unspecified atom stereocenters. The first-order chi connectivity index (χ1) is 16.2. The molecule has 0 radical (unpaired) electrons. The van der Waals surface area contributed by atoms with Crippen molar-refractivity contribution in [3.8, 4) is 0 Å². The van der Waals surface area contributed by atoms with Crippen LogP contribution in [0.3, 0.4) is 0 Å². The van der Waals surface area contributed by atoms with E-state index in [0.717, 1.165) is 0 Å². The monoisotopic (exact) mass is 528 g/mol. The van der Waals surface area contributed by atoms with Crippen LogP contribution >= 0.6 is 0 Å². The zero-order valence-electron chi connectivity index (χ0n) is 17.4. The molecular weight excluding hydrogens is 512 g/mol. The molecule has 17 nitrogen and oxygen atoms in total. The lowest BCUT2D eigenvalue weighted by Crippen LogP contribution is -2.09. The molecule has 0 saturated heterocycles. The van der Waals surface area contributed by atoms with E-state index in [1.807, 2.05) is 0 Å². The topological polar surface area (TPSA) is 321 Å². The van der Waals surface area contributed by atoms with Gasteiger partial charge in [-0.1, -0.05) is 0 Å². The molecule has 18 heteroatoms. The molecule has 0 bridgehead atoms. The van der Waals surface area contributed by atoms with Gasteiger partial charge in [0.05, 0.1) is 22.3 Å². The predicted molar refractivity (Wildman–Crippen MR) is 112 cm³/mol. The fourth-order valence-electron chi connectivity index (χ4n) is 2.77. The molecule has 0 spiro atoms. The van der Waals surface area contributed by atoms with E-state index in [9.17, 15) is 19.2 Å². The van der Waals surface area contributed by atoms with Gasteiger partial charge in [-0.25, -0.2) is 39.1 Å². The highest BCUT2D eigenvalue weighted by atomic mass is 32.3. The second kappa shape index (κ2) is 11.5. The van der Waals surface area contributed by atoms with E-state index in [2.05, 4.69) is 19.9 Å². The van der Waals surface area contributed by atoms with E-state index < -0.39 is 34.3 Å². The van der Waals surface area contributed by atoms with Crippen molar-refractivity contribution in [2.24, 2.45) is 0 Å². The van der Waals surface area contributed by atoms with Gasteiger partial charge in [0.2, 0.25) is 12.7 Å². The molecule has 0 aliphatic heterocycles. The number of carboxylic acids is 4. The summed E-state index contributed by atoms with van der Waals surface area (Å²) in [5.41, 5.74) is 1.29. The van der Waals surface area contributed by atoms with Crippen molar-refractivity contribution in [2.75, 3.05) is 0 Å². The minimum absolute atomic E-state index is 0. The van der Waals surface area contributed by atoms with Crippen molar-refractivity contribution < 1.29 is 72.6 Å². The van der Waals surface area contributed by atoms with Crippen LogP contribution < -0.4 is 9.97 Å². The van der Waals surface area contributed by atoms with Crippen LogP contribution in [-0.2, 0) is 10.4 Å². The molecule has 0 fully saturated rings. The minimum Gasteiger partial charge on any atom is -0.759 e. The van der Waals surface area contributed by atoms with Gasteiger partial charge >= 0.3 is 23.9 Å². The molecule has 0 aliphatic carbocycles. The lowest BCUT2D eigenvalue weighted by atomic mass is 10.1. The molecule has 0 amide bonds. The van der Waals surface area contributed by atoms with Crippen LogP contribution in [0.2, 0.25) is 0 Å². The summed E-state index contributed by atoms with van der Waals surface area (Å²) in [5.74, 6) is -5.04. The van der Waals surface area contributed by atoms with Gasteiger partial charge in [0.25, 0.3) is 0 Å². The quantitative estimate of drug-likeness (QED) is 0.131. The van der Waals surface area contributed by atoms with Crippen LogP contribution in [-0.4, -0.2) is 77.3 Å². The van der Waals surface area contributed by atoms with Crippen LogP contribution in [0.4, 0.5) is 0 Å². The standard InChI is InChI=1S/2C9H6N2O4.H2O4S.H2O/c2*12-8(13)4-1-6-7(11-3-10-6)2-5(4)9(14)15;1-5(2,3)4;/h2*1-3H,(H,10,11)(H,12,13)(H,14,15);(H2,1,2,3,4);1H2. The Morgan fingerprint density at radius 2 is 0.889 bits per heavy atom. The third-order valence-electron chi connectivity index (χ3n) is 4.15. The highest BCUT2D eigenvalue weighted by Gasteiger charge is 2.20. The van der Waals surface area contributed by atoms with E-state index in [0.29, 0.717) is 22.1 Å². The predicted octanol–water partition coefficient (Wildman–Crippen LogP) is -1.41. The number of fused-ring (bicyclic) bond motifs is 2. The lowest BCUT2D eigenvalue weighted by molar-refractivity contribution is -0.344. The van der Waals surface area contributed by atoms with Gasteiger partial charge in [0, 0.05) is 34.7 Å². The van der Waals surface area contributed by atoms with Gasteiger partial charge in [0.1, 0.15) is 0 Å². The Balaban J connectivity index is 0.000000298. The number of hydrogen-bond donors (Lipinski definition) is 6. The van der Waals surface area contributed by atoms with E-state index >= 15 is 0 Å². The summed E-state index contributed by atoms with van der Waals surface area (Å²) < 4.78 is 34.1. The Hall–Kier alpha value is -4.91. The zero-order chi connectivity index (χ0) is 26.5. The van der Waals surface area contributed by atoms with Crippen molar-refractivity contribution in [2.45, 2.75) is 0 Å². The van der Waals surface area contributed by atoms with E-state index in [4.69, 9.17) is 37.9 Å². The van der Waals surface area contributed by atoms with Crippen molar-refractivity contribution in [1.29, 1.82) is 0 Å².